The number of anilines is 1. The number of esters is 1. The predicted octanol–water partition coefficient (Wildman–Crippen LogP) is 2.50. The van der Waals surface area contributed by atoms with Gasteiger partial charge >= 0.3 is 11.7 Å². The Morgan fingerprint density at radius 1 is 1.35 bits per heavy atom. The third-order valence-electron chi connectivity index (χ3n) is 6.04. The Labute approximate surface area is 180 Å². The molecular weight excluding hydrogens is 402 g/mol. The summed E-state index contributed by atoms with van der Waals surface area (Å²) < 4.78 is 25.6. The SMILES string of the molecule is [C-]#[N+][C@]1(COC(=O)C(C)(C)CC)O[C@@H](c2ccc3c(N)ncnn23)[C@@H]2OC(C)(C)O[C@@H]21. The van der Waals surface area contributed by atoms with Gasteiger partial charge in [0.1, 0.15) is 24.1 Å². The molecule has 2 saturated heterocycles. The van der Waals surface area contributed by atoms with E-state index in [4.69, 9.17) is 31.3 Å². The molecule has 0 aliphatic carbocycles. The highest BCUT2D eigenvalue weighted by atomic mass is 16.8. The lowest BCUT2D eigenvalue weighted by molar-refractivity contribution is -0.211. The molecule has 0 radical (unpaired) electrons. The number of nitrogens with two attached hydrogens (primary N) is 1. The summed E-state index contributed by atoms with van der Waals surface area (Å²) >= 11 is 0. The number of rotatable bonds is 5. The minimum Gasteiger partial charge on any atom is -0.453 e. The fourth-order valence-corrected chi connectivity index (χ4v) is 3.88. The van der Waals surface area contributed by atoms with Gasteiger partial charge in [-0.3, -0.25) is 14.4 Å². The first-order valence-corrected chi connectivity index (χ1v) is 10.2. The smallest absolute Gasteiger partial charge is 0.400 e. The van der Waals surface area contributed by atoms with Crippen molar-refractivity contribution in [3.05, 3.63) is 35.6 Å². The summed E-state index contributed by atoms with van der Waals surface area (Å²) in [4.78, 5) is 20.3. The summed E-state index contributed by atoms with van der Waals surface area (Å²) in [6.45, 7) is 16.7. The molecule has 4 heterocycles. The number of hydrogen-bond acceptors (Lipinski definition) is 8. The second-order valence-electron chi connectivity index (χ2n) is 9.03. The van der Waals surface area contributed by atoms with Crippen molar-refractivity contribution in [2.45, 2.75) is 70.9 Å². The summed E-state index contributed by atoms with van der Waals surface area (Å²) in [6.07, 6.45) is -0.0829. The maximum Gasteiger partial charge on any atom is 0.400 e. The average molecular weight is 429 g/mol. The van der Waals surface area contributed by atoms with Crippen LogP contribution in [0.1, 0.15) is 52.8 Å². The van der Waals surface area contributed by atoms with E-state index in [0.29, 0.717) is 23.4 Å². The van der Waals surface area contributed by atoms with Crippen molar-refractivity contribution >= 4 is 17.3 Å². The fraction of sp³-hybridized carbons (Fsp3) is 0.619. The molecule has 2 N–H and O–H groups in total. The van der Waals surface area contributed by atoms with Crippen LogP contribution in [-0.4, -0.2) is 50.9 Å². The van der Waals surface area contributed by atoms with Crippen molar-refractivity contribution in [1.82, 2.24) is 14.6 Å². The van der Waals surface area contributed by atoms with Crippen LogP contribution in [0.5, 0.6) is 0 Å². The molecule has 0 saturated carbocycles. The van der Waals surface area contributed by atoms with Crippen LogP contribution >= 0.6 is 0 Å². The highest BCUT2D eigenvalue weighted by Crippen LogP contribution is 2.51. The van der Waals surface area contributed by atoms with E-state index in [1.165, 1.54) is 6.33 Å². The van der Waals surface area contributed by atoms with Gasteiger partial charge in [-0.1, -0.05) is 6.92 Å². The summed E-state index contributed by atoms with van der Waals surface area (Å²) in [5.74, 6) is -0.999. The molecule has 2 aromatic heterocycles. The molecule has 10 heteroatoms. The van der Waals surface area contributed by atoms with Crippen molar-refractivity contribution in [3.63, 3.8) is 0 Å². The number of ether oxygens (including phenoxy) is 4. The quantitative estimate of drug-likeness (QED) is 0.570. The predicted molar refractivity (Wildman–Crippen MR) is 109 cm³/mol. The zero-order valence-electron chi connectivity index (χ0n) is 18.3. The maximum atomic E-state index is 12.6. The second-order valence-corrected chi connectivity index (χ2v) is 9.03. The average Bonchev–Trinajstić information content (AvgIpc) is 3.37. The third kappa shape index (κ3) is 3.43. The number of carbonyl (C=O) groups is 1. The molecule has 2 aliphatic heterocycles. The standard InChI is InChI=1S/C21H27N5O5/c1-7-19(2,3)18(27)28-10-21(23-6)16-15(29-20(4,5)31-16)14(30-21)12-8-9-13-17(22)24-11-25-26(12)13/h8-9,11,14-16H,7,10H2,1-5H3,(H2,22,24,25)/t14-,15-,16-,21+/m0/s1. The summed E-state index contributed by atoms with van der Waals surface area (Å²) in [6, 6.07) is 3.59. The van der Waals surface area contributed by atoms with Gasteiger partial charge in [0, 0.05) is 0 Å². The van der Waals surface area contributed by atoms with Crippen LogP contribution in [-0.2, 0) is 23.7 Å². The third-order valence-corrected chi connectivity index (χ3v) is 6.04. The Morgan fingerprint density at radius 2 is 2.10 bits per heavy atom. The Morgan fingerprint density at radius 3 is 2.77 bits per heavy atom. The number of carbonyl (C=O) groups excluding carboxylic acids is 1. The van der Waals surface area contributed by atoms with Crippen molar-refractivity contribution < 1.29 is 23.7 Å². The van der Waals surface area contributed by atoms with Crippen molar-refractivity contribution in [2.24, 2.45) is 5.41 Å². The lowest BCUT2D eigenvalue weighted by atomic mass is 9.90. The van der Waals surface area contributed by atoms with Crippen LogP contribution in [0, 0.1) is 12.0 Å². The molecule has 2 fully saturated rings. The number of nitrogens with zero attached hydrogens (tertiary/aromatic N) is 4. The van der Waals surface area contributed by atoms with E-state index in [1.807, 2.05) is 13.0 Å². The van der Waals surface area contributed by atoms with E-state index in [-0.39, 0.29) is 6.61 Å². The summed E-state index contributed by atoms with van der Waals surface area (Å²) in [5.41, 5.74) is 5.00. The van der Waals surface area contributed by atoms with Crippen molar-refractivity contribution in [3.8, 4) is 0 Å². The molecular formula is C21H27N5O5. The van der Waals surface area contributed by atoms with Crippen LogP contribution in [0.3, 0.4) is 0 Å². The topological polar surface area (TPSA) is 115 Å². The zero-order chi connectivity index (χ0) is 22.6. The van der Waals surface area contributed by atoms with Crippen LogP contribution in [0.4, 0.5) is 5.82 Å². The summed E-state index contributed by atoms with van der Waals surface area (Å²) in [5, 5.41) is 4.27. The zero-order valence-corrected chi connectivity index (χ0v) is 18.3. The van der Waals surface area contributed by atoms with Crippen molar-refractivity contribution in [2.75, 3.05) is 12.3 Å². The van der Waals surface area contributed by atoms with Gasteiger partial charge in [0.05, 0.1) is 11.1 Å². The lowest BCUT2D eigenvalue weighted by Crippen LogP contribution is -2.45. The Kier molecular flexibility index (Phi) is 4.96. The van der Waals surface area contributed by atoms with Gasteiger partial charge in [-0.05, 0) is 46.2 Å². The van der Waals surface area contributed by atoms with Gasteiger partial charge in [-0.2, -0.15) is 5.10 Å². The van der Waals surface area contributed by atoms with Crippen LogP contribution in [0.25, 0.3) is 10.4 Å². The molecule has 4 rings (SSSR count). The molecule has 4 atom stereocenters. The summed E-state index contributed by atoms with van der Waals surface area (Å²) in [7, 11) is 0. The molecule has 0 amide bonds. The molecule has 10 nitrogen and oxygen atoms in total. The van der Waals surface area contributed by atoms with E-state index in [0.717, 1.165) is 0 Å². The molecule has 31 heavy (non-hydrogen) atoms. The highest BCUT2D eigenvalue weighted by molar-refractivity contribution is 5.75. The highest BCUT2D eigenvalue weighted by Gasteiger charge is 2.69. The molecule has 2 aromatic rings. The molecule has 0 spiro atoms. The van der Waals surface area contributed by atoms with E-state index in [1.54, 1.807) is 38.3 Å². The number of nitrogen functional groups attached to an aromatic ring is 1. The van der Waals surface area contributed by atoms with E-state index >= 15 is 0 Å². The molecule has 0 aromatic carbocycles. The van der Waals surface area contributed by atoms with Crippen LogP contribution < -0.4 is 5.73 Å². The molecule has 0 unspecified atom stereocenters. The Bertz CT molecular complexity index is 1060. The minimum atomic E-state index is -1.55. The van der Waals surface area contributed by atoms with Gasteiger partial charge < -0.3 is 19.9 Å². The Hall–Kier alpha value is -2.74. The van der Waals surface area contributed by atoms with E-state index in [9.17, 15) is 4.79 Å². The normalized spacial score (nSPS) is 29.6. The fourth-order valence-electron chi connectivity index (χ4n) is 3.88. The maximum absolute atomic E-state index is 12.6. The Balaban J connectivity index is 1.70. The molecule has 2 aliphatic rings. The first-order chi connectivity index (χ1) is 14.5. The van der Waals surface area contributed by atoms with Crippen LogP contribution in [0.15, 0.2) is 18.5 Å². The first kappa shape index (κ1) is 21.5. The first-order valence-electron chi connectivity index (χ1n) is 10.2. The van der Waals surface area contributed by atoms with E-state index in [2.05, 4.69) is 14.9 Å². The second kappa shape index (κ2) is 7.15. The van der Waals surface area contributed by atoms with Gasteiger partial charge in [0.25, 0.3) is 0 Å². The van der Waals surface area contributed by atoms with E-state index < -0.39 is 41.2 Å². The molecule has 166 valence electrons. The largest absolute Gasteiger partial charge is 0.453 e. The monoisotopic (exact) mass is 429 g/mol. The number of fused-ring (bicyclic) bond motifs is 2. The molecule has 0 bridgehead atoms. The number of hydrogen-bond donors (Lipinski definition) is 1. The lowest BCUT2D eigenvalue weighted by Gasteiger charge is -2.27. The van der Waals surface area contributed by atoms with Gasteiger partial charge in [-0.25, -0.2) is 16.1 Å². The van der Waals surface area contributed by atoms with Crippen LogP contribution in [0.2, 0.25) is 0 Å². The van der Waals surface area contributed by atoms with Gasteiger partial charge in [0.15, 0.2) is 24.3 Å². The number of aromatic nitrogens is 3. The van der Waals surface area contributed by atoms with Gasteiger partial charge in [0.2, 0.25) is 0 Å². The van der Waals surface area contributed by atoms with Crippen molar-refractivity contribution in [1.29, 1.82) is 0 Å². The van der Waals surface area contributed by atoms with Gasteiger partial charge in [-0.15, -0.1) is 0 Å². The minimum absolute atomic E-state index is 0.268.